The number of hydrogen-bond acceptors (Lipinski definition) is 3. The van der Waals surface area contributed by atoms with Gasteiger partial charge in [-0.2, -0.15) is 0 Å². The van der Waals surface area contributed by atoms with Gasteiger partial charge in [0.05, 0.1) is 7.11 Å². The quantitative estimate of drug-likeness (QED) is 0.607. The third kappa shape index (κ3) is 3.49. The third-order valence-electron chi connectivity index (χ3n) is 3.09. The van der Waals surface area contributed by atoms with E-state index in [0.717, 1.165) is 25.8 Å². The summed E-state index contributed by atoms with van der Waals surface area (Å²) in [4.78, 5) is 14.0. The Morgan fingerprint density at radius 1 is 1.47 bits per heavy atom. The first-order chi connectivity index (χ1) is 7.24. The molecule has 0 radical (unpaired) electrons. The fourth-order valence-corrected chi connectivity index (χ4v) is 2.09. The number of likely N-dealkylation sites (N-methyl/N-ethyl adjacent to an activating group) is 1. The lowest BCUT2D eigenvalue weighted by Crippen LogP contribution is -2.43. The maximum atomic E-state index is 11.7. The Bertz CT molecular complexity index is 202. The van der Waals surface area contributed by atoms with Crippen molar-refractivity contribution in [3.8, 4) is 0 Å². The molecule has 1 aliphatic carbocycles. The molecular formula is C12H23NO2. The van der Waals surface area contributed by atoms with Gasteiger partial charge >= 0.3 is 5.97 Å². The molecule has 1 rings (SSSR count). The maximum Gasteiger partial charge on any atom is 0.323 e. The lowest BCUT2D eigenvalue weighted by atomic mass is 10.1. The van der Waals surface area contributed by atoms with Gasteiger partial charge < -0.3 is 4.74 Å². The van der Waals surface area contributed by atoms with Crippen LogP contribution in [0.1, 0.15) is 46.0 Å². The number of carbonyl (C=O) groups is 1. The molecule has 0 amide bonds. The summed E-state index contributed by atoms with van der Waals surface area (Å²) in [6, 6.07) is 0.628. The highest BCUT2D eigenvalue weighted by atomic mass is 16.5. The van der Waals surface area contributed by atoms with Crippen LogP contribution in [0.15, 0.2) is 0 Å². The van der Waals surface area contributed by atoms with Crippen LogP contribution in [0.3, 0.4) is 0 Å². The number of carbonyl (C=O) groups excluding carboxylic acids is 1. The van der Waals surface area contributed by atoms with Gasteiger partial charge in [0.25, 0.3) is 0 Å². The molecule has 15 heavy (non-hydrogen) atoms. The highest BCUT2D eigenvalue weighted by Gasteiger charge is 2.36. The third-order valence-corrected chi connectivity index (χ3v) is 3.09. The van der Waals surface area contributed by atoms with Crippen molar-refractivity contribution >= 4 is 5.97 Å². The molecule has 88 valence electrons. The lowest BCUT2D eigenvalue weighted by molar-refractivity contribution is -0.147. The number of methoxy groups -OCH3 is 1. The van der Waals surface area contributed by atoms with Crippen LogP contribution in [0.25, 0.3) is 0 Å². The number of nitrogens with zero attached hydrogens (tertiary/aromatic N) is 1. The molecule has 1 unspecified atom stereocenters. The van der Waals surface area contributed by atoms with E-state index in [4.69, 9.17) is 4.74 Å². The van der Waals surface area contributed by atoms with Crippen molar-refractivity contribution in [2.75, 3.05) is 13.7 Å². The van der Waals surface area contributed by atoms with Crippen LogP contribution in [-0.4, -0.2) is 36.6 Å². The number of hydrogen-bond donors (Lipinski definition) is 0. The van der Waals surface area contributed by atoms with E-state index in [1.807, 2.05) is 0 Å². The van der Waals surface area contributed by atoms with E-state index in [1.54, 1.807) is 0 Å². The minimum Gasteiger partial charge on any atom is -0.468 e. The molecule has 0 bridgehead atoms. The molecule has 0 aliphatic heterocycles. The lowest BCUT2D eigenvalue weighted by Gasteiger charge is -2.28. The molecule has 0 aromatic rings. The van der Waals surface area contributed by atoms with E-state index in [1.165, 1.54) is 20.0 Å². The standard InChI is InChI=1S/C12H23NO2/c1-4-6-7-11(12(14)15-3)13(5-2)10-8-9-10/h10-11H,4-9H2,1-3H3. The predicted molar refractivity (Wildman–Crippen MR) is 60.7 cm³/mol. The summed E-state index contributed by atoms with van der Waals surface area (Å²) in [7, 11) is 1.49. The molecule has 0 N–H and O–H groups in total. The zero-order valence-electron chi connectivity index (χ0n) is 10.2. The maximum absolute atomic E-state index is 11.7. The Labute approximate surface area is 92.8 Å². The smallest absolute Gasteiger partial charge is 0.323 e. The molecule has 1 fully saturated rings. The van der Waals surface area contributed by atoms with Crippen molar-refractivity contribution in [3.05, 3.63) is 0 Å². The molecule has 0 saturated heterocycles. The summed E-state index contributed by atoms with van der Waals surface area (Å²) >= 11 is 0. The first kappa shape index (κ1) is 12.5. The Balaban J connectivity index is 2.55. The summed E-state index contributed by atoms with van der Waals surface area (Å²) in [5.74, 6) is -0.0581. The SMILES string of the molecule is CCCCC(C(=O)OC)N(CC)C1CC1. The van der Waals surface area contributed by atoms with Crippen LogP contribution < -0.4 is 0 Å². The molecular weight excluding hydrogens is 190 g/mol. The fraction of sp³-hybridized carbons (Fsp3) is 0.917. The zero-order valence-corrected chi connectivity index (χ0v) is 10.2. The van der Waals surface area contributed by atoms with Crippen LogP contribution in [-0.2, 0) is 9.53 Å². The van der Waals surface area contributed by atoms with E-state index in [2.05, 4.69) is 18.7 Å². The van der Waals surface area contributed by atoms with Crippen molar-refractivity contribution in [2.24, 2.45) is 0 Å². The van der Waals surface area contributed by atoms with Gasteiger partial charge in [-0.1, -0.05) is 26.7 Å². The van der Waals surface area contributed by atoms with Crippen LogP contribution in [0.2, 0.25) is 0 Å². The van der Waals surface area contributed by atoms with Crippen LogP contribution in [0.5, 0.6) is 0 Å². The number of esters is 1. The highest BCUT2D eigenvalue weighted by molar-refractivity contribution is 5.75. The topological polar surface area (TPSA) is 29.5 Å². The van der Waals surface area contributed by atoms with Crippen molar-refractivity contribution in [1.29, 1.82) is 0 Å². The number of unbranched alkanes of at least 4 members (excludes halogenated alkanes) is 1. The second kappa shape index (κ2) is 6.11. The zero-order chi connectivity index (χ0) is 11.3. The van der Waals surface area contributed by atoms with Gasteiger partial charge in [0.1, 0.15) is 6.04 Å². The summed E-state index contributed by atoms with van der Waals surface area (Å²) in [5.41, 5.74) is 0. The average molecular weight is 213 g/mol. The Morgan fingerprint density at radius 3 is 2.53 bits per heavy atom. The average Bonchev–Trinajstić information content (AvgIpc) is 3.07. The first-order valence-electron chi connectivity index (χ1n) is 6.08. The molecule has 1 aliphatic rings. The van der Waals surface area contributed by atoms with E-state index >= 15 is 0 Å². The molecule has 0 aromatic carbocycles. The van der Waals surface area contributed by atoms with E-state index in [-0.39, 0.29) is 12.0 Å². The summed E-state index contributed by atoms with van der Waals surface area (Å²) in [6.07, 6.45) is 5.66. The normalized spacial score (nSPS) is 17.9. The van der Waals surface area contributed by atoms with Crippen LogP contribution in [0, 0.1) is 0 Å². The Kier molecular flexibility index (Phi) is 5.09. The molecule has 0 heterocycles. The number of ether oxygens (including phenoxy) is 1. The molecule has 0 spiro atoms. The molecule has 1 saturated carbocycles. The van der Waals surface area contributed by atoms with Crippen LogP contribution in [0.4, 0.5) is 0 Å². The second-order valence-electron chi connectivity index (χ2n) is 4.24. The molecule has 3 heteroatoms. The minimum absolute atomic E-state index is 0.00699. The van der Waals surface area contributed by atoms with Crippen LogP contribution >= 0.6 is 0 Å². The van der Waals surface area contributed by atoms with E-state index in [9.17, 15) is 4.79 Å². The molecule has 1 atom stereocenters. The van der Waals surface area contributed by atoms with Gasteiger partial charge in [-0.25, -0.2) is 0 Å². The van der Waals surface area contributed by atoms with Gasteiger partial charge in [-0.3, -0.25) is 9.69 Å². The van der Waals surface area contributed by atoms with Gasteiger partial charge in [-0.15, -0.1) is 0 Å². The summed E-state index contributed by atoms with van der Waals surface area (Å²) < 4.78 is 4.89. The monoisotopic (exact) mass is 213 g/mol. The van der Waals surface area contributed by atoms with Crippen molar-refractivity contribution < 1.29 is 9.53 Å². The van der Waals surface area contributed by atoms with E-state index < -0.39 is 0 Å². The minimum atomic E-state index is -0.0581. The van der Waals surface area contributed by atoms with Gasteiger partial charge in [-0.05, 0) is 25.8 Å². The van der Waals surface area contributed by atoms with Crippen molar-refractivity contribution in [2.45, 2.75) is 58.0 Å². The molecule has 0 aromatic heterocycles. The van der Waals surface area contributed by atoms with Crippen molar-refractivity contribution in [1.82, 2.24) is 4.90 Å². The van der Waals surface area contributed by atoms with E-state index in [0.29, 0.717) is 6.04 Å². The predicted octanol–water partition coefficient (Wildman–Crippen LogP) is 2.20. The fourth-order valence-electron chi connectivity index (χ4n) is 2.09. The second-order valence-corrected chi connectivity index (χ2v) is 4.24. The van der Waals surface area contributed by atoms with Gasteiger partial charge in [0, 0.05) is 6.04 Å². The van der Waals surface area contributed by atoms with Crippen molar-refractivity contribution in [3.63, 3.8) is 0 Å². The first-order valence-corrected chi connectivity index (χ1v) is 6.08. The number of rotatable bonds is 7. The van der Waals surface area contributed by atoms with Gasteiger partial charge in [0.2, 0.25) is 0 Å². The largest absolute Gasteiger partial charge is 0.468 e. The molecule has 3 nitrogen and oxygen atoms in total. The Hall–Kier alpha value is -0.570. The summed E-state index contributed by atoms with van der Waals surface area (Å²) in [5, 5.41) is 0. The van der Waals surface area contributed by atoms with Gasteiger partial charge in [0.15, 0.2) is 0 Å². The summed E-state index contributed by atoms with van der Waals surface area (Å²) in [6.45, 7) is 5.23. The highest BCUT2D eigenvalue weighted by Crippen LogP contribution is 2.30. The Morgan fingerprint density at radius 2 is 2.13 bits per heavy atom.